The van der Waals surface area contributed by atoms with Crippen molar-refractivity contribution in [2.45, 2.75) is 256 Å². The van der Waals surface area contributed by atoms with Crippen LogP contribution in [0.25, 0.3) is 10.9 Å². The Morgan fingerprint density at radius 2 is 1.18 bits per heavy atom. The Morgan fingerprint density at radius 1 is 0.624 bits per heavy atom. The molecule has 1 aliphatic heterocycles. The van der Waals surface area contributed by atoms with Gasteiger partial charge in [0.2, 0.25) is 53.2 Å². The molecule has 2 saturated carbocycles. The number of aliphatic hydroxyl groups is 1. The van der Waals surface area contributed by atoms with Gasteiger partial charge >= 0.3 is 6.15 Å². The Kier molecular flexibility index (Phi) is 47.0. The SMILES string of the molecule is C1CCCC1.CCC(NC(=O)C(CO)CC(=O)C(Cc1c[nH]c2ccccc12)NC(=O)C1CC(n2cc(C3CCCC3)nn2)CN1C(=O)C(NC(=O)C(CC(N)=O)CC(=O)C(CC(N)=O)NC(=O)C(CC(=O)C(N)CCCN=C(N)N)C(C)CC)C(C)CC)C(=O)CC(C)C(=O)NC(CCSC)C(=O)CC(CCSC)C(N)=O.O=C=O.[Fe]. The summed E-state index contributed by atoms with van der Waals surface area (Å²) >= 11 is 2.96. The number of nitrogens with one attached hydrogen (secondary N) is 6. The molecule has 9 amide bonds. The molecule has 15 atom stereocenters. The van der Waals surface area contributed by atoms with Crippen LogP contribution in [-0.4, -0.2) is 210 Å². The number of aliphatic hydroxyl groups excluding tert-OH is 1. The molecule has 0 radical (unpaired) electrons. The molecule has 37 heteroatoms. The minimum atomic E-state index is -1.65. The third kappa shape index (κ3) is 33.9. The van der Waals surface area contributed by atoms with Crippen molar-refractivity contribution in [1.82, 2.24) is 51.5 Å². The van der Waals surface area contributed by atoms with Crippen LogP contribution >= 0.6 is 23.5 Å². The number of aliphatic imine (C=N–C) groups is 1. The van der Waals surface area contributed by atoms with E-state index in [1.807, 2.05) is 18.6 Å². The zero-order valence-corrected chi connectivity index (χ0v) is 71.5. The topological polar surface area (TPSA) is 572 Å². The quantitative estimate of drug-likeness (QED) is 0.0167. The molecular weight excluding hydrogens is 1590 g/mol. The van der Waals surface area contributed by atoms with Crippen LogP contribution in [0.4, 0.5) is 0 Å². The number of hydrogen-bond acceptors (Lipinski definition) is 23. The van der Waals surface area contributed by atoms with E-state index in [1.54, 1.807) is 69.9 Å². The summed E-state index contributed by atoms with van der Waals surface area (Å²) in [6.07, 6.45) is 16.5. The Hall–Kier alpha value is -8.73. The van der Waals surface area contributed by atoms with Gasteiger partial charge in [-0.05, 0) is 92.4 Å². The van der Waals surface area contributed by atoms with Gasteiger partial charge in [0, 0.05) is 128 Å². The number of nitrogens with zero attached hydrogens (tertiary/aromatic N) is 5. The molecule has 6 rings (SSSR count). The van der Waals surface area contributed by atoms with E-state index >= 15 is 14.4 Å². The molecule has 652 valence electrons. The van der Waals surface area contributed by atoms with Crippen LogP contribution in [0, 0.1) is 41.4 Å². The molecule has 0 spiro atoms. The van der Waals surface area contributed by atoms with Crippen LogP contribution in [0.1, 0.15) is 219 Å². The molecule has 3 aliphatic rings. The molecule has 34 nitrogen and oxygen atoms in total. The third-order valence-corrected chi connectivity index (χ3v) is 23.4. The number of aromatic amines is 1. The molecule has 1 aromatic carbocycles. The first kappa shape index (κ1) is 102. The molecule has 3 heterocycles. The number of nitrogens with two attached hydrogens (primary N) is 6. The van der Waals surface area contributed by atoms with Gasteiger partial charge in [-0.2, -0.15) is 33.1 Å². The van der Waals surface area contributed by atoms with Gasteiger partial charge in [-0.15, -0.1) is 5.10 Å². The average Bonchev–Trinajstić information content (AvgIpc) is 1.64. The molecule has 19 N–H and O–H groups in total. The molecular formula is C80H125FeN17O17S2. The van der Waals surface area contributed by atoms with Crippen molar-refractivity contribution in [3.05, 3.63) is 47.9 Å². The number of ketones is 5. The number of H-pyrrole nitrogens is 1. The van der Waals surface area contributed by atoms with Crippen molar-refractivity contribution >= 4 is 129 Å². The minimum absolute atomic E-state index is 0. The van der Waals surface area contributed by atoms with Gasteiger partial charge in [0.15, 0.2) is 29.1 Å². The maximum atomic E-state index is 15.6. The number of thioether (sulfide) groups is 2. The van der Waals surface area contributed by atoms with E-state index in [9.17, 15) is 57.8 Å². The van der Waals surface area contributed by atoms with E-state index < -0.39 is 198 Å². The molecule has 0 bridgehead atoms. The summed E-state index contributed by atoms with van der Waals surface area (Å²) in [6, 6.07) is -2.60. The third-order valence-electron chi connectivity index (χ3n) is 22.2. The number of rotatable bonds is 51. The van der Waals surface area contributed by atoms with Gasteiger partial charge in [0.05, 0.1) is 66.8 Å². The predicted molar refractivity (Wildman–Crippen MR) is 438 cm³/mol. The first-order valence-corrected chi connectivity index (χ1v) is 43.2. The summed E-state index contributed by atoms with van der Waals surface area (Å²) in [6.45, 7) is 9.20. The first-order valence-electron chi connectivity index (χ1n) is 40.4. The summed E-state index contributed by atoms with van der Waals surface area (Å²) in [4.78, 5) is 221. The summed E-state index contributed by atoms with van der Waals surface area (Å²) in [5, 5.41) is 34.2. The number of para-hydroxylation sites is 1. The second kappa shape index (κ2) is 53.6. The van der Waals surface area contributed by atoms with Crippen molar-refractivity contribution in [3.8, 4) is 0 Å². The number of guanidine groups is 1. The van der Waals surface area contributed by atoms with E-state index in [4.69, 9.17) is 44.0 Å². The van der Waals surface area contributed by atoms with Crippen LogP contribution in [0.15, 0.2) is 41.7 Å². The minimum Gasteiger partial charge on any atom is -0.396 e. The molecule has 3 fully saturated rings. The number of carbonyl (C=O) groups is 14. The summed E-state index contributed by atoms with van der Waals surface area (Å²) in [5.74, 6) is -16.4. The van der Waals surface area contributed by atoms with E-state index in [1.165, 1.54) is 67.5 Å². The van der Waals surface area contributed by atoms with E-state index in [0.717, 1.165) is 31.4 Å². The number of hydrogen-bond donors (Lipinski definition) is 13. The molecule has 3 aromatic rings. The van der Waals surface area contributed by atoms with Crippen molar-refractivity contribution in [3.63, 3.8) is 0 Å². The van der Waals surface area contributed by atoms with Gasteiger partial charge in [-0.3, -0.25) is 72.1 Å². The van der Waals surface area contributed by atoms with Crippen molar-refractivity contribution in [2.75, 3.05) is 43.7 Å². The van der Waals surface area contributed by atoms with Crippen LogP contribution in [0.2, 0.25) is 0 Å². The zero-order valence-electron chi connectivity index (χ0n) is 68.8. The predicted octanol–water partition coefficient (Wildman–Crippen LogP) is 3.10. The Morgan fingerprint density at radius 3 is 1.76 bits per heavy atom. The number of benzene rings is 1. The maximum absolute atomic E-state index is 15.6. The average molecular weight is 1720 g/mol. The van der Waals surface area contributed by atoms with Gasteiger partial charge in [-0.25, -0.2) is 4.68 Å². The molecule has 2 aromatic heterocycles. The first-order chi connectivity index (χ1) is 55.2. The molecule has 15 unspecified atom stereocenters. The van der Waals surface area contributed by atoms with E-state index in [-0.39, 0.29) is 112 Å². The number of Topliss-reactive ketones (excluding diaryl/α,β-unsaturated/α-hetero) is 5. The van der Waals surface area contributed by atoms with Crippen molar-refractivity contribution in [1.29, 1.82) is 0 Å². The van der Waals surface area contributed by atoms with Crippen LogP contribution in [0.3, 0.4) is 0 Å². The second-order valence-electron chi connectivity index (χ2n) is 30.8. The second-order valence-corrected chi connectivity index (χ2v) is 32.8. The summed E-state index contributed by atoms with van der Waals surface area (Å²) < 4.78 is 1.58. The number of aromatic nitrogens is 4. The summed E-state index contributed by atoms with van der Waals surface area (Å²) in [7, 11) is 0. The zero-order chi connectivity index (χ0) is 86.3. The van der Waals surface area contributed by atoms with Crippen LogP contribution in [0.5, 0.6) is 0 Å². The number of likely N-dealkylation sites (tertiary alicyclic amines) is 1. The monoisotopic (exact) mass is 1720 g/mol. The van der Waals surface area contributed by atoms with Gasteiger partial charge in [0.25, 0.3) is 0 Å². The smallest absolute Gasteiger partial charge is 0.373 e. The van der Waals surface area contributed by atoms with Crippen LogP contribution < -0.4 is 61.0 Å². The Balaban J connectivity index is 0.00000372. The van der Waals surface area contributed by atoms with Crippen molar-refractivity contribution < 1.29 is 98.9 Å². The number of amides is 9. The number of primary amides is 3. The van der Waals surface area contributed by atoms with Gasteiger partial charge in [0.1, 0.15) is 17.9 Å². The Labute approximate surface area is 703 Å². The van der Waals surface area contributed by atoms with E-state index in [0.29, 0.717) is 47.2 Å². The largest absolute Gasteiger partial charge is 0.396 e. The van der Waals surface area contributed by atoms with Gasteiger partial charge in [-0.1, -0.05) is 123 Å². The molecule has 1 saturated heterocycles. The fourth-order valence-corrected chi connectivity index (χ4v) is 15.6. The fourth-order valence-electron chi connectivity index (χ4n) is 14.6. The fraction of sp³-hybridized carbons (Fsp3) is 0.675. The van der Waals surface area contributed by atoms with Gasteiger partial charge < -0.3 is 76.0 Å². The molecule has 2 aliphatic carbocycles. The summed E-state index contributed by atoms with van der Waals surface area (Å²) in [5.41, 5.74) is 36.0. The Bertz CT molecular complexity index is 3840. The maximum Gasteiger partial charge on any atom is 0.373 e. The van der Waals surface area contributed by atoms with Crippen molar-refractivity contribution in [2.24, 2.45) is 80.8 Å². The number of carbonyl (C=O) groups excluding carboxylic acids is 16. The van der Waals surface area contributed by atoms with E-state index in [2.05, 4.69) is 46.9 Å². The molecule has 117 heavy (non-hydrogen) atoms. The normalized spacial score (nSPS) is 17.8. The van der Waals surface area contributed by atoms with Crippen LogP contribution in [-0.2, 0) is 100 Å². The number of fused-ring (bicyclic) bond motifs is 1. The standard InChI is InChI=1S/C74H115N17O15S2.C5H10.CO2.Fe/c1-9-40(4)50(34-59(93)51(75)20-16-24-81-74(79)80)71(104)85-56(35-65(77)99)62(96)30-45(32-64(76)98)69(102)87-66(41(5)10-2)73(106)90-37-48(91-38-57(88-89-91)43-17-12-13-18-43)33-58(90)72(105)86-55(28-46-36-82-53-21-15-14-19-49(46)53)63(97)31-47(39-92)70(103)83-52(11-3)60(94)27-42(6)68(101)84-54(23-26-108-8)61(95)29-44(67(78)100)22-25-107-7;1-2-4-5-3-1;2-1-3;/h14-15,19,21,36,38,40-45,47-48,50-52,54-56,58,66,82,92H,9-13,16-18,20,22-35,37,39,75H2,1-8H3,(H2,76,98)(H2,77,99)(H2,78,100)(H,83,103)(H,84,101)(H,85,104)(H,86,105)(H,87,102)(H4,79,80,81);1-5H2;;.